The molecule has 0 spiro atoms. The van der Waals surface area contributed by atoms with E-state index in [0.29, 0.717) is 24.1 Å². The highest BCUT2D eigenvalue weighted by Crippen LogP contribution is 2.19. The molecule has 0 aliphatic rings. The molecule has 1 N–H and O–H groups in total. The zero-order chi connectivity index (χ0) is 14.5. The van der Waals surface area contributed by atoms with Crippen LogP contribution >= 0.6 is 11.6 Å². The van der Waals surface area contributed by atoms with Gasteiger partial charge in [0.05, 0.1) is 6.54 Å². The molecule has 1 aromatic heterocycles. The number of benzene rings is 1. The third-order valence-electron chi connectivity index (χ3n) is 2.85. The van der Waals surface area contributed by atoms with Crippen LogP contribution in [0.2, 0.25) is 5.15 Å². The number of halogens is 1. The van der Waals surface area contributed by atoms with E-state index in [-0.39, 0.29) is 0 Å². The Morgan fingerprint density at radius 3 is 2.75 bits per heavy atom. The monoisotopic (exact) mass is 291 g/mol. The zero-order valence-electron chi connectivity index (χ0n) is 11.9. The Morgan fingerprint density at radius 2 is 2.00 bits per heavy atom. The van der Waals surface area contributed by atoms with Gasteiger partial charge in [0.2, 0.25) is 0 Å². The van der Waals surface area contributed by atoms with Crippen molar-refractivity contribution in [1.82, 2.24) is 9.97 Å². The average molecular weight is 292 g/mol. The van der Waals surface area contributed by atoms with E-state index in [4.69, 9.17) is 16.3 Å². The summed E-state index contributed by atoms with van der Waals surface area (Å²) < 4.78 is 5.67. The summed E-state index contributed by atoms with van der Waals surface area (Å²) in [6, 6.07) is 7.98. The third kappa shape index (κ3) is 3.84. The lowest BCUT2D eigenvalue weighted by atomic mass is 10.2. The molecule has 2 aromatic rings. The quantitative estimate of drug-likeness (QED) is 0.676. The number of hydrogen-bond donors (Lipinski definition) is 1. The highest BCUT2D eigenvalue weighted by atomic mass is 35.5. The summed E-state index contributed by atoms with van der Waals surface area (Å²) in [6.45, 7) is 6.97. The van der Waals surface area contributed by atoms with Crippen molar-refractivity contribution in [3.8, 4) is 5.75 Å². The van der Waals surface area contributed by atoms with Crippen molar-refractivity contribution < 1.29 is 4.74 Å². The molecule has 0 saturated heterocycles. The maximum absolute atomic E-state index is 6.02. The van der Waals surface area contributed by atoms with Crippen molar-refractivity contribution in [1.29, 1.82) is 0 Å². The van der Waals surface area contributed by atoms with Crippen LogP contribution in [0.5, 0.6) is 5.75 Å². The summed E-state index contributed by atoms with van der Waals surface area (Å²) in [4.78, 5) is 8.43. The number of nitrogens with one attached hydrogen (secondary N) is 1. The first-order chi connectivity index (χ1) is 9.56. The third-order valence-corrected chi connectivity index (χ3v) is 3.22. The largest absolute Gasteiger partial charge is 0.492 e. The van der Waals surface area contributed by atoms with Crippen LogP contribution in [-0.2, 0) is 0 Å². The second-order valence-electron chi connectivity index (χ2n) is 4.63. The maximum atomic E-state index is 6.02. The molecule has 0 saturated carbocycles. The van der Waals surface area contributed by atoms with E-state index >= 15 is 0 Å². The van der Waals surface area contributed by atoms with Crippen LogP contribution in [0.25, 0.3) is 0 Å². The summed E-state index contributed by atoms with van der Waals surface area (Å²) in [7, 11) is 0. The molecule has 0 bridgehead atoms. The van der Waals surface area contributed by atoms with E-state index in [1.165, 1.54) is 5.56 Å². The van der Waals surface area contributed by atoms with Gasteiger partial charge in [-0.3, -0.25) is 0 Å². The standard InChI is InChI=1S/C15H18ClN3O/c1-10-5-4-6-13(9-10)20-8-7-17-15-11(2)14(16)18-12(3)19-15/h4-6,9H,7-8H2,1-3H3,(H,17,18,19). The average Bonchev–Trinajstić information content (AvgIpc) is 2.40. The van der Waals surface area contributed by atoms with Gasteiger partial charge in [0.1, 0.15) is 29.2 Å². The van der Waals surface area contributed by atoms with E-state index in [2.05, 4.69) is 15.3 Å². The lowest BCUT2D eigenvalue weighted by Gasteiger charge is -2.11. The van der Waals surface area contributed by atoms with Crippen LogP contribution in [0.4, 0.5) is 5.82 Å². The predicted molar refractivity (Wildman–Crippen MR) is 81.7 cm³/mol. The van der Waals surface area contributed by atoms with Gasteiger partial charge in [0.15, 0.2) is 0 Å². The molecule has 4 nitrogen and oxygen atoms in total. The van der Waals surface area contributed by atoms with E-state index in [1.807, 2.05) is 45.0 Å². The molecule has 0 amide bonds. The Hall–Kier alpha value is -1.81. The second kappa shape index (κ2) is 6.57. The summed E-state index contributed by atoms with van der Waals surface area (Å²) in [5.41, 5.74) is 2.04. The van der Waals surface area contributed by atoms with Crippen LogP contribution in [0.3, 0.4) is 0 Å². The van der Waals surface area contributed by atoms with Crippen LogP contribution in [0.15, 0.2) is 24.3 Å². The van der Waals surface area contributed by atoms with Crippen molar-refractivity contribution in [3.05, 3.63) is 46.4 Å². The van der Waals surface area contributed by atoms with E-state index in [0.717, 1.165) is 17.1 Å². The molecule has 0 radical (unpaired) electrons. The van der Waals surface area contributed by atoms with Gasteiger partial charge in [0.25, 0.3) is 0 Å². The Kier molecular flexibility index (Phi) is 4.79. The smallest absolute Gasteiger partial charge is 0.137 e. The SMILES string of the molecule is Cc1cccc(OCCNc2nc(C)nc(Cl)c2C)c1. The molecule has 2 rings (SSSR count). The molecule has 106 valence electrons. The summed E-state index contributed by atoms with van der Waals surface area (Å²) in [5.74, 6) is 2.29. The number of aromatic nitrogens is 2. The van der Waals surface area contributed by atoms with Gasteiger partial charge in [-0.15, -0.1) is 0 Å². The number of ether oxygens (including phenoxy) is 1. The number of rotatable bonds is 5. The molecular weight excluding hydrogens is 274 g/mol. The van der Waals surface area contributed by atoms with Gasteiger partial charge in [-0.05, 0) is 38.5 Å². The predicted octanol–water partition coefficient (Wildman–Crippen LogP) is 3.55. The molecule has 0 atom stereocenters. The van der Waals surface area contributed by atoms with Crippen molar-refractivity contribution in [2.75, 3.05) is 18.5 Å². The topological polar surface area (TPSA) is 47.0 Å². The fraction of sp³-hybridized carbons (Fsp3) is 0.333. The van der Waals surface area contributed by atoms with E-state index in [9.17, 15) is 0 Å². The number of nitrogens with zero attached hydrogens (tertiary/aromatic N) is 2. The second-order valence-corrected chi connectivity index (χ2v) is 4.98. The van der Waals surface area contributed by atoms with E-state index < -0.39 is 0 Å². The first kappa shape index (κ1) is 14.6. The summed E-state index contributed by atoms with van der Waals surface area (Å²) in [5, 5.41) is 3.70. The van der Waals surface area contributed by atoms with Crippen molar-refractivity contribution in [2.24, 2.45) is 0 Å². The van der Waals surface area contributed by atoms with Gasteiger partial charge in [0, 0.05) is 5.56 Å². The fourth-order valence-corrected chi connectivity index (χ4v) is 2.02. The lowest BCUT2D eigenvalue weighted by molar-refractivity contribution is 0.332. The van der Waals surface area contributed by atoms with Crippen molar-refractivity contribution >= 4 is 17.4 Å². The fourth-order valence-electron chi connectivity index (χ4n) is 1.81. The van der Waals surface area contributed by atoms with Gasteiger partial charge in [-0.25, -0.2) is 9.97 Å². The number of hydrogen-bond acceptors (Lipinski definition) is 4. The molecular formula is C15H18ClN3O. The lowest BCUT2D eigenvalue weighted by Crippen LogP contribution is -2.14. The molecule has 0 aliphatic heterocycles. The first-order valence-electron chi connectivity index (χ1n) is 6.50. The van der Waals surface area contributed by atoms with Crippen molar-refractivity contribution in [3.63, 3.8) is 0 Å². The van der Waals surface area contributed by atoms with Gasteiger partial charge < -0.3 is 10.1 Å². The van der Waals surface area contributed by atoms with Crippen LogP contribution < -0.4 is 10.1 Å². The normalized spacial score (nSPS) is 10.4. The number of anilines is 1. The van der Waals surface area contributed by atoms with Gasteiger partial charge >= 0.3 is 0 Å². The Morgan fingerprint density at radius 1 is 1.20 bits per heavy atom. The molecule has 5 heteroatoms. The molecule has 1 aromatic carbocycles. The molecule has 1 heterocycles. The van der Waals surface area contributed by atoms with E-state index in [1.54, 1.807) is 0 Å². The zero-order valence-corrected chi connectivity index (χ0v) is 12.7. The summed E-state index contributed by atoms with van der Waals surface area (Å²) in [6.07, 6.45) is 0. The minimum Gasteiger partial charge on any atom is -0.492 e. The van der Waals surface area contributed by atoms with Crippen LogP contribution in [-0.4, -0.2) is 23.1 Å². The highest BCUT2D eigenvalue weighted by molar-refractivity contribution is 6.30. The Labute approximate surface area is 124 Å². The first-order valence-corrected chi connectivity index (χ1v) is 6.88. The molecule has 20 heavy (non-hydrogen) atoms. The van der Waals surface area contributed by atoms with Crippen molar-refractivity contribution in [2.45, 2.75) is 20.8 Å². The maximum Gasteiger partial charge on any atom is 0.137 e. The minimum absolute atomic E-state index is 0.486. The number of aryl methyl sites for hydroxylation is 2. The molecule has 0 fully saturated rings. The molecule has 0 aliphatic carbocycles. The molecule has 0 unspecified atom stereocenters. The van der Waals surface area contributed by atoms with Crippen LogP contribution in [0, 0.1) is 20.8 Å². The van der Waals surface area contributed by atoms with Gasteiger partial charge in [-0.2, -0.15) is 0 Å². The van der Waals surface area contributed by atoms with Crippen LogP contribution in [0.1, 0.15) is 17.0 Å². The summed E-state index contributed by atoms with van der Waals surface area (Å²) >= 11 is 6.02. The minimum atomic E-state index is 0.486. The highest BCUT2D eigenvalue weighted by Gasteiger charge is 2.06. The van der Waals surface area contributed by atoms with Gasteiger partial charge in [-0.1, -0.05) is 23.7 Å². The Balaban J connectivity index is 1.87. The Bertz CT molecular complexity index is 602.